The third-order valence-corrected chi connectivity index (χ3v) is 11.6. The lowest BCUT2D eigenvalue weighted by atomic mass is 9.51. The number of phenols is 1. The third-order valence-electron chi connectivity index (χ3n) is 11.6. The van der Waals surface area contributed by atoms with E-state index in [4.69, 9.17) is 4.74 Å². The van der Waals surface area contributed by atoms with Crippen LogP contribution in [0.4, 0.5) is 11.4 Å². The highest BCUT2D eigenvalue weighted by molar-refractivity contribution is 5.68. The van der Waals surface area contributed by atoms with E-state index in [-0.39, 0.29) is 11.5 Å². The molecule has 44 heavy (non-hydrogen) atoms. The molecule has 3 aromatic carbocycles. The number of hydrogen-bond acceptors (Lipinski definition) is 5. The fourth-order valence-electron chi connectivity index (χ4n) is 9.34. The summed E-state index contributed by atoms with van der Waals surface area (Å²) in [5, 5.41) is 11.1. The lowest BCUT2D eigenvalue weighted by Crippen LogP contribution is -2.66. The van der Waals surface area contributed by atoms with Crippen LogP contribution in [0.3, 0.4) is 0 Å². The first-order valence-electron chi connectivity index (χ1n) is 17.2. The van der Waals surface area contributed by atoms with E-state index in [1.54, 1.807) is 0 Å². The Labute approximate surface area is 263 Å². The van der Waals surface area contributed by atoms with Gasteiger partial charge in [-0.15, -0.1) is 0 Å². The van der Waals surface area contributed by atoms with E-state index >= 15 is 0 Å². The number of unbranched alkanes of at least 4 members (excludes halogenated alkanes) is 2. The molecule has 1 fully saturated rings. The van der Waals surface area contributed by atoms with Crippen molar-refractivity contribution in [2.45, 2.75) is 89.2 Å². The molecule has 3 heterocycles. The van der Waals surface area contributed by atoms with Gasteiger partial charge in [0.1, 0.15) is 6.10 Å². The second-order valence-electron chi connectivity index (χ2n) is 14.1. The summed E-state index contributed by atoms with van der Waals surface area (Å²) in [5.41, 5.74) is 10.8. The topological polar surface area (TPSA) is 39.2 Å². The fourth-order valence-corrected chi connectivity index (χ4v) is 9.34. The van der Waals surface area contributed by atoms with E-state index in [2.05, 4.69) is 90.2 Å². The second-order valence-corrected chi connectivity index (χ2v) is 14.1. The molecule has 3 aromatic rings. The van der Waals surface area contributed by atoms with E-state index in [1.807, 2.05) is 6.07 Å². The van der Waals surface area contributed by atoms with Crippen molar-refractivity contribution in [3.63, 3.8) is 0 Å². The number of phenolic OH excluding ortho intramolecular Hbond substituents is 1. The van der Waals surface area contributed by atoms with Crippen molar-refractivity contribution in [3.8, 4) is 11.5 Å². The second kappa shape index (κ2) is 10.9. The number of hydrogen-bond donors (Lipinski definition) is 1. The van der Waals surface area contributed by atoms with Crippen LogP contribution in [0.5, 0.6) is 11.5 Å². The van der Waals surface area contributed by atoms with Gasteiger partial charge >= 0.3 is 0 Å². The number of nitrogens with zero attached hydrogens (tertiary/aromatic N) is 3. The van der Waals surface area contributed by atoms with Crippen LogP contribution in [-0.2, 0) is 24.7 Å². The summed E-state index contributed by atoms with van der Waals surface area (Å²) in [6.45, 7) is 7.31. The lowest BCUT2D eigenvalue weighted by molar-refractivity contribution is -0.0126. The Morgan fingerprint density at radius 2 is 1.55 bits per heavy atom. The Morgan fingerprint density at radius 1 is 0.864 bits per heavy atom. The third kappa shape index (κ3) is 4.22. The van der Waals surface area contributed by atoms with Crippen LogP contribution in [0, 0.1) is 5.92 Å². The monoisotopic (exact) mass is 589 g/mol. The van der Waals surface area contributed by atoms with E-state index in [0.29, 0.717) is 17.7 Å². The molecule has 5 heteroatoms. The summed E-state index contributed by atoms with van der Waals surface area (Å²) in [6, 6.07) is 23.2. The number of aryl methyl sites for hydroxylation is 2. The predicted octanol–water partition coefficient (Wildman–Crippen LogP) is 7.59. The van der Waals surface area contributed by atoms with Crippen LogP contribution in [0.15, 0.2) is 71.9 Å². The lowest BCUT2D eigenvalue weighted by Gasteiger charge is -2.60. The van der Waals surface area contributed by atoms with E-state index in [1.165, 1.54) is 70.6 Å². The number of likely N-dealkylation sites (tertiary alicyclic amines) is 1. The Morgan fingerprint density at radius 3 is 2.23 bits per heavy atom. The molecule has 0 aromatic heterocycles. The van der Waals surface area contributed by atoms with Crippen molar-refractivity contribution >= 4 is 11.4 Å². The maximum absolute atomic E-state index is 11.1. The number of ether oxygens (including phenoxy) is 1. The molecule has 1 spiro atoms. The van der Waals surface area contributed by atoms with Crippen LogP contribution in [0.2, 0.25) is 0 Å². The molecule has 3 aliphatic heterocycles. The molecule has 1 saturated heterocycles. The van der Waals surface area contributed by atoms with Gasteiger partial charge in [-0.1, -0.05) is 57.0 Å². The number of fused-ring (bicyclic) bond motifs is 1. The number of benzene rings is 3. The molecule has 5 aliphatic rings. The van der Waals surface area contributed by atoms with Crippen molar-refractivity contribution in [1.29, 1.82) is 0 Å². The summed E-state index contributed by atoms with van der Waals surface area (Å²) >= 11 is 0. The number of piperidine rings is 1. The molecule has 0 saturated carbocycles. The highest BCUT2D eigenvalue weighted by Gasteiger charge is 2.66. The molecule has 2 aliphatic carbocycles. The molecule has 2 bridgehead atoms. The Hall–Kier alpha value is -3.44. The molecule has 230 valence electrons. The number of anilines is 2. The summed E-state index contributed by atoms with van der Waals surface area (Å²) in [5.74, 6) is 1.54. The molecular formula is C39H47N3O2. The quantitative estimate of drug-likeness (QED) is 0.293. The molecule has 5 nitrogen and oxygen atoms in total. The van der Waals surface area contributed by atoms with Gasteiger partial charge in [-0.25, -0.2) is 0 Å². The molecule has 4 atom stereocenters. The Balaban J connectivity index is 1.24. The largest absolute Gasteiger partial charge is 0.504 e. The van der Waals surface area contributed by atoms with Crippen molar-refractivity contribution in [2.24, 2.45) is 5.92 Å². The van der Waals surface area contributed by atoms with Crippen molar-refractivity contribution in [2.75, 3.05) is 36.6 Å². The summed E-state index contributed by atoms with van der Waals surface area (Å²) < 4.78 is 7.05. The van der Waals surface area contributed by atoms with Crippen LogP contribution >= 0.6 is 0 Å². The fraction of sp³-hybridized carbons (Fsp3) is 0.487. The van der Waals surface area contributed by atoms with Gasteiger partial charge in [0, 0.05) is 34.9 Å². The number of aromatic hydroxyl groups is 1. The zero-order chi connectivity index (χ0) is 30.0. The van der Waals surface area contributed by atoms with E-state index in [9.17, 15) is 5.11 Å². The van der Waals surface area contributed by atoms with Gasteiger partial charge in [-0.2, -0.15) is 0 Å². The molecular weight excluding hydrogens is 542 g/mol. The van der Waals surface area contributed by atoms with Gasteiger partial charge < -0.3 is 24.5 Å². The zero-order valence-corrected chi connectivity index (χ0v) is 26.7. The van der Waals surface area contributed by atoms with Gasteiger partial charge in [0.15, 0.2) is 11.5 Å². The van der Waals surface area contributed by atoms with Crippen molar-refractivity contribution in [3.05, 3.63) is 94.2 Å². The van der Waals surface area contributed by atoms with Gasteiger partial charge in [-0.05, 0) is 117 Å². The first-order valence-corrected chi connectivity index (χ1v) is 17.2. The van der Waals surface area contributed by atoms with Crippen LogP contribution in [0.25, 0.3) is 0 Å². The first kappa shape index (κ1) is 28.1. The van der Waals surface area contributed by atoms with E-state index in [0.717, 1.165) is 57.6 Å². The number of likely N-dealkylation sites (N-methyl/N-ethyl adjacent to an activating group) is 1. The molecule has 0 amide bonds. The number of rotatable bonds is 8. The standard InChI is InChI=1S/C39H47N3O2/c1-4-6-8-26-10-15-30(16-11-26)41-24-29-22-32-33-23-28-14-19-34(43)37-35(28)39(32,20-21-40(33)3)38(44-37)36(29)42(25-41)31-17-12-27(13-18-31)9-7-5-2/h10-19,32-33,38,43H,4-9,20-25H2,1-3H3/t32-,33+,38?,39-/m0/s1. The normalized spacial score (nSPS) is 26.8. The van der Waals surface area contributed by atoms with Gasteiger partial charge in [-0.3, -0.25) is 0 Å². The molecule has 1 unspecified atom stereocenters. The molecule has 8 rings (SSSR count). The average molecular weight is 590 g/mol. The van der Waals surface area contributed by atoms with Crippen LogP contribution in [0.1, 0.15) is 74.6 Å². The Kier molecular flexibility index (Phi) is 6.93. The average Bonchev–Trinajstić information content (AvgIpc) is 3.41. The predicted molar refractivity (Wildman–Crippen MR) is 179 cm³/mol. The van der Waals surface area contributed by atoms with Crippen LogP contribution < -0.4 is 14.5 Å². The van der Waals surface area contributed by atoms with Gasteiger partial charge in [0.25, 0.3) is 0 Å². The highest BCUT2D eigenvalue weighted by atomic mass is 16.5. The van der Waals surface area contributed by atoms with Gasteiger partial charge in [0.05, 0.1) is 12.4 Å². The Bertz CT molecular complexity index is 1580. The first-order chi connectivity index (χ1) is 21.5. The molecule has 0 radical (unpaired) electrons. The minimum absolute atomic E-state index is 0.0758. The maximum atomic E-state index is 11.1. The molecule has 1 N–H and O–H groups in total. The zero-order valence-electron chi connectivity index (χ0n) is 26.7. The summed E-state index contributed by atoms with van der Waals surface area (Å²) in [4.78, 5) is 7.74. The SMILES string of the molecule is CCCCc1ccc(N2CC3=C(C4Oc5c(O)ccc6c5[C@@]45CCN(C)[C@H](C6)[C@@H]5C3)N(c3ccc(CCCC)cc3)C2)cc1. The van der Waals surface area contributed by atoms with E-state index < -0.39 is 0 Å². The summed E-state index contributed by atoms with van der Waals surface area (Å²) in [7, 11) is 2.32. The maximum Gasteiger partial charge on any atom is 0.166 e. The minimum Gasteiger partial charge on any atom is -0.504 e. The highest BCUT2D eigenvalue weighted by Crippen LogP contribution is 2.65. The minimum atomic E-state index is -0.0833. The van der Waals surface area contributed by atoms with Crippen molar-refractivity contribution in [1.82, 2.24) is 4.90 Å². The van der Waals surface area contributed by atoms with Gasteiger partial charge in [0.2, 0.25) is 0 Å². The van der Waals surface area contributed by atoms with Crippen LogP contribution in [-0.4, -0.2) is 49.0 Å². The van der Waals surface area contributed by atoms with Crippen molar-refractivity contribution < 1.29 is 9.84 Å². The smallest absolute Gasteiger partial charge is 0.166 e. The summed E-state index contributed by atoms with van der Waals surface area (Å²) in [6.07, 6.45) is 10.3.